The lowest BCUT2D eigenvalue weighted by Gasteiger charge is -2.21. The summed E-state index contributed by atoms with van der Waals surface area (Å²) < 4.78 is 13.4. The molecule has 0 bridgehead atoms. The molecular formula is C13H16FNO2S. The first-order chi connectivity index (χ1) is 8.67. The minimum absolute atomic E-state index is 0.0428. The number of rotatable bonds is 5. The second-order valence-corrected chi connectivity index (χ2v) is 5.15. The molecule has 1 fully saturated rings. The predicted molar refractivity (Wildman–Crippen MR) is 69.3 cm³/mol. The standard InChI is InChI=1S/C13H16FNO2S/c1-18-12-8-9(2-5-11(12)14)13(17)15(6-7-16)10-3-4-10/h2,5,8,10,16H,3-4,6-7H2,1H3. The molecule has 1 aromatic carbocycles. The summed E-state index contributed by atoms with van der Waals surface area (Å²) >= 11 is 1.28. The first-order valence-corrected chi connectivity index (χ1v) is 7.15. The third kappa shape index (κ3) is 2.84. The molecule has 0 heterocycles. The van der Waals surface area contributed by atoms with E-state index in [0.29, 0.717) is 17.0 Å². The van der Waals surface area contributed by atoms with Crippen LogP contribution in [0.25, 0.3) is 0 Å². The lowest BCUT2D eigenvalue weighted by molar-refractivity contribution is 0.0707. The fourth-order valence-corrected chi connectivity index (χ4v) is 2.41. The molecule has 1 aromatic rings. The Hall–Kier alpha value is -1.07. The van der Waals surface area contributed by atoms with E-state index in [1.54, 1.807) is 17.2 Å². The van der Waals surface area contributed by atoms with Crippen LogP contribution >= 0.6 is 11.8 Å². The van der Waals surface area contributed by atoms with Crippen LogP contribution in [0.15, 0.2) is 23.1 Å². The summed E-state index contributed by atoms with van der Waals surface area (Å²) in [4.78, 5) is 14.4. The van der Waals surface area contributed by atoms with Crippen LogP contribution in [0.2, 0.25) is 0 Å². The Morgan fingerprint density at radius 2 is 2.28 bits per heavy atom. The number of hydrogen-bond donors (Lipinski definition) is 1. The van der Waals surface area contributed by atoms with Crippen LogP contribution < -0.4 is 0 Å². The van der Waals surface area contributed by atoms with Crippen molar-refractivity contribution in [3.63, 3.8) is 0 Å². The average Bonchev–Trinajstić information content (AvgIpc) is 3.20. The molecule has 5 heteroatoms. The maximum atomic E-state index is 13.4. The number of carbonyl (C=O) groups is 1. The molecule has 0 atom stereocenters. The molecule has 0 radical (unpaired) electrons. The van der Waals surface area contributed by atoms with Gasteiger partial charge in [-0.05, 0) is 37.3 Å². The number of carbonyl (C=O) groups excluding carboxylic acids is 1. The molecule has 1 aliphatic carbocycles. The summed E-state index contributed by atoms with van der Waals surface area (Å²) in [5, 5.41) is 9.00. The van der Waals surface area contributed by atoms with Gasteiger partial charge in [0.25, 0.3) is 5.91 Å². The number of halogens is 1. The summed E-state index contributed by atoms with van der Waals surface area (Å²) in [7, 11) is 0. The van der Waals surface area contributed by atoms with Crippen LogP contribution in [0.4, 0.5) is 4.39 Å². The Morgan fingerprint density at radius 3 is 2.83 bits per heavy atom. The van der Waals surface area contributed by atoms with Gasteiger partial charge in [0.05, 0.1) is 6.61 Å². The average molecular weight is 269 g/mol. The second kappa shape index (κ2) is 5.71. The molecule has 1 amide bonds. The van der Waals surface area contributed by atoms with Crippen molar-refractivity contribution in [2.75, 3.05) is 19.4 Å². The minimum Gasteiger partial charge on any atom is -0.395 e. The molecule has 0 unspecified atom stereocenters. The van der Waals surface area contributed by atoms with E-state index in [1.807, 2.05) is 0 Å². The SMILES string of the molecule is CSc1cc(C(=O)N(CCO)C2CC2)ccc1F. The van der Waals surface area contributed by atoms with E-state index in [4.69, 9.17) is 5.11 Å². The Kier molecular flexibility index (Phi) is 4.24. The highest BCUT2D eigenvalue weighted by Crippen LogP contribution is 2.29. The molecule has 1 saturated carbocycles. The van der Waals surface area contributed by atoms with E-state index in [0.717, 1.165) is 12.8 Å². The van der Waals surface area contributed by atoms with Gasteiger partial charge in [0.15, 0.2) is 0 Å². The summed E-state index contributed by atoms with van der Waals surface area (Å²) in [5.41, 5.74) is 0.487. The van der Waals surface area contributed by atoms with E-state index >= 15 is 0 Å². The smallest absolute Gasteiger partial charge is 0.254 e. The van der Waals surface area contributed by atoms with Gasteiger partial charge in [0.2, 0.25) is 0 Å². The summed E-state index contributed by atoms with van der Waals surface area (Å²) in [5.74, 6) is -0.430. The fraction of sp³-hybridized carbons (Fsp3) is 0.462. The predicted octanol–water partition coefficient (Wildman–Crippen LogP) is 2.14. The third-order valence-corrected chi connectivity index (χ3v) is 3.74. The number of aliphatic hydroxyl groups excluding tert-OH is 1. The van der Waals surface area contributed by atoms with Crippen molar-refractivity contribution in [1.29, 1.82) is 0 Å². The highest BCUT2D eigenvalue weighted by atomic mass is 32.2. The second-order valence-electron chi connectivity index (χ2n) is 4.30. The van der Waals surface area contributed by atoms with Gasteiger partial charge >= 0.3 is 0 Å². The zero-order chi connectivity index (χ0) is 13.1. The summed E-state index contributed by atoms with van der Waals surface area (Å²) in [6.07, 6.45) is 3.75. The van der Waals surface area contributed by atoms with Crippen molar-refractivity contribution in [2.45, 2.75) is 23.8 Å². The van der Waals surface area contributed by atoms with Crippen molar-refractivity contribution in [1.82, 2.24) is 4.90 Å². The van der Waals surface area contributed by atoms with Crippen molar-refractivity contribution in [3.8, 4) is 0 Å². The molecule has 0 aliphatic heterocycles. The van der Waals surface area contributed by atoms with Crippen LogP contribution in [0.3, 0.4) is 0 Å². The lowest BCUT2D eigenvalue weighted by atomic mass is 10.2. The van der Waals surface area contributed by atoms with Gasteiger partial charge in [-0.1, -0.05) is 0 Å². The monoisotopic (exact) mass is 269 g/mol. The van der Waals surface area contributed by atoms with Gasteiger partial charge in [-0.25, -0.2) is 4.39 Å². The maximum Gasteiger partial charge on any atom is 0.254 e. The number of aliphatic hydroxyl groups is 1. The molecule has 2 rings (SSSR count). The zero-order valence-corrected chi connectivity index (χ0v) is 11.0. The highest BCUT2D eigenvalue weighted by Gasteiger charge is 2.32. The largest absolute Gasteiger partial charge is 0.395 e. The normalized spacial score (nSPS) is 14.6. The summed E-state index contributed by atoms with van der Waals surface area (Å²) in [6.45, 7) is 0.300. The van der Waals surface area contributed by atoms with Crippen LogP contribution in [0.5, 0.6) is 0 Å². The number of hydrogen-bond acceptors (Lipinski definition) is 3. The third-order valence-electron chi connectivity index (χ3n) is 2.99. The Morgan fingerprint density at radius 1 is 1.56 bits per heavy atom. The van der Waals surface area contributed by atoms with E-state index in [1.165, 1.54) is 23.9 Å². The Bertz CT molecular complexity index is 449. The van der Waals surface area contributed by atoms with Gasteiger partial charge in [-0.2, -0.15) is 0 Å². The van der Waals surface area contributed by atoms with Crippen LogP contribution in [0.1, 0.15) is 23.2 Å². The van der Waals surface area contributed by atoms with Gasteiger partial charge in [-0.15, -0.1) is 11.8 Å². The lowest BCUT2D eigenvalue weighted by Crippen LogP contribution is -2.35. The van der Waals surface area contributed by atoms with E-state index in [9.17, 15) is 9.18 Å². The fourth-order valence-electron chi connectivity index (χ4n) is 1.90. The summed E-state index contributed by atoms with van der Waals surface area (Å²) in [6, 6.07) is 4.65. The molecule has 0 spiro atoms. The van der Waals surface area contributed by atoms with Gasteiger partial charge < -0.3 is 10.0 Å². The molecule has 1 aliphatic rings. The van der Waals surface area contributed by atoms with Crippen LogP contribution in [-0.4, -0.2) is 41.4 Å². The molecule has 98 valence electrons. The quantitative estimate of drug-likeness (QED) is 0.833. The number of amides is 1. The Balaban J connectivity index is 2.21. The van der Waals surface area contributed by atoms with Crippen molar-refractivity contribution in [2.24, 2.45) is 0 Å². The van der Waals surface area contributed by atoms with Gasteiger partial charge in [-0.3, -0.25) is 4.79 Å². The van der Waals surface area contributed by atoms with E-state index in [-0.39, 0.29) is 24.4 Å². The van der Waals surface area contributed by atoms with Gasteiger partial charge in [0.1, 0.15) is 5.82 Å². The minimum atomic E-state index is -0.306. The molecule has 0 saturated heterocycles. The zero-order valence-electron chi connectivity index (χ0n) is 10.2. The van der Waals surface area contributed by atoms with Gasteiger partial charge in [0, 0.05) is 23.0 Å². The van der Waals surface area contributed by atoms with E-state index in [2.05, 4.69) is 0 Å². The highest BCUT2D eigenvalue weighted by molar-refractivity contribution is 7.98. The Labute approximate surface area is 110 Å². The number of benzene rings is 1. The topological polar surface area (TPSA) is 40.5 Å². The molecule has 0 aromatic heterocycles. The molecular weight excluding hydrogens is 253 g/mol. The first kappa shape index (κ1) is 13.4. The number of nitrogens with zero attached hydrogens (tertiary/aromatic N) is 1. The molecule has 18 heavy (non-hydrogen) atoms. The molecule has 3 nitrogen and oxygen atoms in total. The first-order valence-electron chi connectivity index (χ1n) is 5.92. The number of thioether (sulfide) groups is 1. The van der Waals surface area contributed by atoms with Crippen LogP contribution in [0, 0.1) is 5.82 Å². The van der Waals surface area contributed by atoms with Crippen LogP contribution in [-0.2, 0) is 0 Å². The van der Waals surface area contributed by atoms with Crippen molar-refractivity contribution >= 4 is 17.7 Å². The van der Waals surface area contributed by atoms with E-state index < -0.39 is 0 Å². The maximum absolute atomic E-state index is 13.4. The molecule has 1 N–H and O–H groups in total. The van der Waals surface area contributed by atoms with Crippen molar-refractivity contribution < 1.29 is 14.3 Å². The van der Waals surface area contributed by atoms with Crippen molar-refractivity contribution in [3.05, 3.63) is 29.6 Å².